The molecule has 1 aromatic heterocycles. The molecule has 3 aromatic rings. The maximum Gasteiger partial charge on any atom is 0.247 e. The second-order valence-corrected chi connectivity index (χ2v) is 10.6. The summed E-state index contributed by atoms with van der Waals surface area (Å²) in [6.07, 6.45) is 1.50. The standard InChI is InChI=1S/C23H26N4O3S/c1-3-17-9-7-8-12-20(17)31(28,29)27-15-23(16-27)13-19(26(2)14-23)22-25-24-21(30-22)18-10-5-4-6-11-18/h4-12,19H,3,13-16H2,1-2H3. The minimum Gasteiger partial charge on any atom is -0.419 e. The molecule has 0 bridgehead atoms. The van der Waals surface area contributed by atoms with E-state index >= 15 is 0 Å². The van der Waals surface area contributed by atoms with E-state index in [0.29, 0.717) is 36.2 Å². The molecule has 0 amide bonds. The van der Waals surface area contributed by atoms with Gasteiger partial charge in [0.2, 0.25) is 21.8 Å². The number of aromatic nitrogens is 2. The Bertz CT molecular complexity index is 1190. The van der Waals surface area contributed by atoms with E-state index in [9.17, 15) is 8.42 Å². The van der Waals surface area contributed by atoms with Gasteiger partial charge in [-0.2, -0.15) is 4.31 Å². The van der Waals surface area contributed by atoms with Gasteiger partial charge < -0.3 is 4.42 Å². The van der Waals surface area contributed by atoms with Crippen LogP contribution < -0.4 is 0 Å². The minimum atomic E-state index is -3.48. The molecule has 8 heteroatoms. The highest BCUT2D eigenvalue weighted by atomic mass is 32.2. The Morgan fingerprint density at radius 1 is 1.03 bits per heavy atom. The third kappa shape index (κ3) is 3.48. The van der Waals surface area contributed by atoms with Gasteiger partial charge in [-0.25, -0.2) is 8.42 Å². The number of hydrogen-bond donors (Lipinski definition) is 0. The van der Waals surface area contributed by atoms with E-state index < -0.39 is 10.0 Å². The van der Waals surface area contributed by atoms with Crippen LogP contribution in [-0.4, -0.2) is 54.5 Å². The SMILES string of the molecule is CCc1ccccc1S(=O)(=O)N1CC2(CC(c3nnc(-c4ccccc4)o3)N(C)C2)C1. The van der Waals surface area contributed by atoms with Crippen molar-refractivity contribution in [2.75, 3.05) is 26.7 Å². The summed E-state index contributed by atoms with van der Waals surface area (Å²) >= 11 is 0. The molecule has 5 rings (SSSR count). The first-order valence-electron chi connectivity index (χ1n) is 10.6. The molecule has 162 valence electrons. The quantitative estimate of drug-likeness (QED) is 0.608. The van der Waals surface area contributed by atoms with Crippen LogP contribution in [0.1, 0.15) is 30.8 Å². The van der Waals surface area contributed by atoms with Crippen LogP contribution in [0.25, 0.3) is 11.5 Å². The maximum absolute atomic E-state index is 13.2. The van der Waals surface area contributed by atoms with Crippen molar-refractivity contribution in [3.63, 3.8) is 0 Å². The molecule has 0 saturated carbocycles. The molecule has 2 aromatic carbocycles. The first-order chi connectivity index (χ1) is 14.9. The molecule has 1 atom stereocenters. The van der Waals surface area contributed by atoms with Gasteiger partial charge in [0.25, 0.3) is 0 Å². The molecule has 1 unspecified atom stereocenters. The van der Waals surface area contributed by atoms with E-state index in [0.717, 1.165) is 24.1 Å². The van der Waals surface area contributed by atoms with Gasteiger partial charge in [-0.15, -0.1) is 10.2 Å². The van der Waals surface area contributed by atoms with Gasteiger partial charge in [0.15, 0.2) is 0 Å². The number of nitrogens with zero attached hydrogens (tertiary/aromatic N) is 4. The first kappa shape index (κ1) is 20.4. The lowest BCUT2D eigenvalue weighted by molar-refractivity contribution is 0.0808. The summed E-state index contributed by atoms with van der Waals surface area (Å²) < 4.78 is 34.0. The molecule has 0 radical (unpaired) electrons. The van der Waals surface area contributed by atoms with Crippen molar-refractivity contribution in [1.82, 2.24) is 19.4 Å². The van der Waals surface area contributed by atoms with E-state index in [1.54, 1.807) is 16.4 Å². The Labute approximate surface area is 182 Å². The molecule has 0 aliphatic carbocycles. The van der Waals surface area contributed by atoms with Crippen LogP contribution in [0.15, 0.2) is 63.9 Å². The number of hydrogen-bond acceptors (Lipinski definition) is 6. The van der Waals surface area contributed by atoms with Crippen LogP contribution in [0.5, 0.6) is 0 Å². The molecule has 0 N–H and O–H groups in total. The van der Waals surface area contributed by atoms with Gasteiger partial charge >= 0.3 is 0 Å². The molecule has 2 aliphatic rings. The number of rotatable bonds is 5. The van der Waals surface area contributed by atoms with Crippen LogP contribution in [0.4, 0.5) is 0 Å². The van der Waals surface area contributed by atoms with E-state index in [2.05, 4.69) is 15.1 Å². The Balaban J connectivity index is 1.32. The Morgan fingerprint density at radius 3 is 2.48 bits per heavy atom. The summed E-state index contributed by atoms with van der Waals surface area (Å²) in [7, 11) is -1.44. The van der Waals surface area contributed by atoms with Crippen LogP contribution >= 0.6 is 0 Å². The van der Waals surface area contributed by atoms with Gasteiger partial charge in [-0.3, -0.25) is 4.90 Å². The maximum atomic E-state index is 13.2. The predicted molar refractivity (Wildman–Crippen MR) is 117 cm³/mol. The summed E-state index contributed by atoms with van der Waals surface area (Å²) in [5.41, 5.74) is 1.69. The van der Waals surface area contributed by atoms with Gasteiger partial charge in [0.1, 0.15) is 0 Å². The fourth-order valence-corrected chi connectivity index (χ4v) is 6.86. The Kier molecular flexibility index (Phi) is 4.96. The molecular weight excluding hydrogens is 412 g/mol. The van der Waals surface area contributed by atoms with Crippen molar-refractivity contribution < 1.29 is 12.8 Å². The highest BCUT2D eigenvalue weighted by molar-refractivity contribution is 7.89. The fourth-order valence-electron chi connectivity index (χ4n) is 4.90. The van der Waals surface area contributed by atoms with Crippen LogP contribution in [0.3, 0.4) is 0 Å². The van der Waals surface area contributed by atoms with Gasteiger partial charge in [-0.05, 0) is 43.7 Å². The fraction of sp³-hybridized carbons (Fsp3) is 0.391. The van der Waals surface area contributed by atoms with Crippen molar-refractivity contribution in [3.05, 3.63) is 66.1 Å². The third-order valence-electron chi connectivity index (χ3n) is 6.48. The Morgan fingerprint density at radius 2 is 1.74 bits per heavy atom. The van der Waals surface area contributed by atoms with Crippen molar-refractivity contribution in [2.45, 2.75) is 30.7 Å². The summed E-state index contributed by atoms with van der Waals surface area (Å²) in [6.45, 7) is 3.83. The molecule has 2 aliphatic heterocycles. The minimum absolute atomic E-state index is 0.00209. The van der Waals surface area contributed by atoms with E-state index in [-0.39, 0.29) is 11.5 Å². The van der Waals surface area contributed by atoms with Gasteiger partial charge in [0.05, 0.1) is 10.9 Å². The zero-order valence-corrected chi connectivity index (χ0v) is 18.5. The zero-order valence-electron chi connectivity index (χ0n) is 17.7. The number of likely N-dealkylation sites (tertiary alicyclic amines) is 1. The average molecular weight is 439 g/mol. The van der Waals surface area contributed by atoms with Gasteiger partial charge in [0, 0.05) is 30.6 Å². The molecule has 7 nitrogen and oxygen atoms in total. The molecule has 1 spiro atoms. The molecule has 2 fully saturated rings. The van der Waals surface area contributed by atoms with Gasteiger partial charge in [-0.1, -0.05) is 43.3 Å². The lowest BCUT2D eigenvalue weighted by Gasteiger charge is -2.47. The van der Waals surface area contributed by atoms with Crippen LogP contribution in [0.2, 0.25) is 0 Å². The zero-order chi connectivity index (χ0) is 21.6. The monoisotopic (exact) mass is 438 g/mol. The second kappa shape index (κ2) is 7.55. The molecular formula is C23H26N4O3S. The van der Waals surface area contributed by atoms with Crippen molar-refractivity contribution in [2.24, 2.45) is 5.41 Å². The third-order valence-corrected chi connectivity index (χ3v) is 8.38. The number of sulfonamides is 1. The highest BCUT2D eigenvalue weighted by Gasteiger charge is 2.55. The smallest absolute Gasteiger partial charge is 0.247 e. The van der Waals surface area contributed by atoms with Crippen LogP contribution in [-0.2, 0) is 16.4 Å². The lowest BCUT2D eigenvalue weighted by atomic mass is 9.79. The lowest BCUT2D eigenvalue weighted by Crippen LogP contribution is -2.59. The van der Waals surface area contributed by atoms with E-state index in [1.807, 2.05) is 56.4 Å². The molecule has 2 saturated heterocycles. The largest absolute Gasteiger partial charge is 0.419 e. The van der Waals surface area contributed by atoms with Crippen molar-refractivity contribution >= 4 is 10.0 Å². The van der Waals surface area contributed by atoms with Crippen LogP contribution in [0, 0.1) is 5.41 Å². The first-order valence-corrected chi connectivity index (χ1v) is 12.0. The van der Waals surface area contributed by atoms with E-state index in [1.165, 1.54) is 0 Å². The topological polar surface area (TPSA) is 79.5 Å². The average Bonchev–Trinajstić information content (AvgIpc) is 3.38. The summed E-state index contributed by atoms with van der Waals surface area (Å²) in [4.78, 5) is 2.63. The normalized spacial score (nSPS) is 21.4. The van der Waals surface area contributed by atoms with Crippen molar-refractivity contribution in [1.29, 1.82) is 0 Å². The highest BCUT2D eigenvalue weighted by Crippen LogP contribution is 2.49. The molecule has 31 heavy (non-hydrogen) atoms. The summed E-state index contributed by atoms with van der Waals surface area (Å²) in [5, 5.41) is 8.52. The summed E-state index contributed by atoms with van der Waals surface area (Å²) in [5.74, 6) is 1.11. The van der Waals surface area contributed by atoms with Crippen molar-refractivity contribution in [3.8, 4) is 11.5 Å². The Hall–Kier alpha value is -2.55. The second-order valence-electron chi connectivity index (χ2n) is 8.68. The molecule has 3 heterocycles. The number of benzene rings is 2. The summed E-state index contributed by atoms with van der Waals surface area (Å²) in [6, 6.07) is 17.0. The van der Waals surface area contributed by atoms with E-state index in [4.69, 9.17) is 4.42 Å². The number of aryl methyl sites for hydroxylation is 1. The predicted octanol–water partition coefficient (Wildman–Crippen LogP) is 3.37.